The Bertz CT molecular complexity index is 660. The van der Waals surface area contributed by atoms with Crippen LogP contribution in [-0.4, -0.2) is 40.1 Å². The predicted octanol–water partition coefficient (Wildman–Crippen LogP) is 1.39. The zero-order chi connectivity index (χ0) is 16.7. The highest BCUT2D eigenvalue weighted by Gasteiger charge is 2.14. The third-order valence-corrected chi connectivity index (χ3v) is 4.10. The van der Waals surface area contributed by atoms with E-state index in [9.17, 15) is 4.79 Å². The highest BCUT2D eigenvalue weighted by Crippen LogP contribution is 2.20. The minimum absolute atomic E-state index is 0.157. The van der Waals surface area contributed by atoms with Crippen molar-refractivity contribution < 1.29 is 14.3 Å². The van der Waals surface area contributed by atoms with Crippen LogP contribution >= 0.6 is 11.8 Å². The molecule has 1 aromatic carbocycles. The van der Waals surface area contributed by atoms with Gasteiger partial charge in [-0.05, 0) is 18.6 Å². The van der Waals surface area contributed by atoms with Crippen LogP contribution in [0.4, 0.5) is 0 Å². The van der Waals surface area contributed by atoms with Crippen LogP contribution in [-0.2, 0) is 22.7 Å². The molecular formula is C15H20N4O3S. The smallest absolute Gasteiger partial charge is 0.227 e. The Balaban J connectivity index is 2.10. The summed E-state index contributed by atoms with van der Waals surface area (Å²) in [6, 6.07) is 7.78. The van der Waals surface area contributed by atoms with Crippen LogP contribution in [0.15, 0.2) is 29.4 Å². The summed E-state index contributed by atoms with van der Waals surface area (Å²) in [5.41, 5.74) is 6.24. The molecule has 0 radical (unpaired) electrons. The Kier molecular flexibility index (Phi) is 6.42. The third-order valence-electron chi connectivity index (χ3n) is 3.11. The Hall–Kier alpha value is -2.06. The van der Waals surface area contributed by atoms with Crippen molar-refractivity contribution in [3.05, 3.63) is 35.7 Å². The van der Waals surface area contributed by atoms with Gasteiger partial charge < -0.3 is 19.8 Å². The standard InChI is InChI=1S/C15H20N4O3S/c1-11-5-3-4-6-12(11)22-9-14-17-18-15(23-10-13(16)20)19(14)7-8-21-2/h3-6H,7-10H2,1-2H3,(H2,16,20). The van der Waals surface area contributed by atoms with E-state index < -0.39 is 5.91 Å². The summed E-state index contributed by atoms with van der Waals surface area (Å²) in [7, 11) is 1.63. The average Bonchev–Trinajstić information content (AvgIpc) is 2.92. The highest BCUT2D eigenvalue weighted by atomic mass is 32.2. The van der Waals surface area contributed by atoms with E-state index in [-0.39, 0.29) is 5.75 Å². The van der Waals surface area contributed by atoms with E-state index in [2.05, 4.69) is 10.2 Å². The number of aryl methyl sites for hydroxylation is 1. The van der Waals surface area contributed by atoms with E-state index in [0.717, 1.165) is 11.3 Å². The number of para-hydroxylation sites is 1. The monoisotopic (exact) mass is 336 g/mol. The molecule has 23 heavy (non-hydrogen) atoms. The number of primary amides is 1. The molecule has 0 aliphatic rings. The lowest BCUT2D eigenvalue weighted by molar-refractivity contribution is -0.115. The van der Waals surface area contributed by atoms with Gasteiger partial charge in [0.1, 0.15) is 12.4 Å². The maximum absolute atomic E-state index is 10.9. The molecule has 0 aliphatic carbocycles. The second kappa shape index (κ2) is 8.54. The highest BCUT2D eigenvalue weighted by molar-refractivity contribution is 7.99. The minimum atomic E-state index is -0.394. The Morgan fingerprint density at radius 1 is 1.35 bits per heavy atom. The summed E-state index contributed by atoms with van der Waals surface area (Å²) in [5, 5.41) is 8.89. The summed E-state index contributed by atoms with van der Waals surface area (Å²) in [4.78, 5) is 10.9. The van der Waals surface area contributed by atoms with Gasteiger partial charge in [-0.1, -0.05) is 30.0 Å². The number of hydrogen-bond acceptors (Lipinski definition) is 6. The van der Waals surface area contributed by atoms with Gasteiger partial charge in [-0.15, -0.1) is 10.2 Å². The fourth-order valence-electron chi connectivity index (χ4n) is 1.94. The Morgan fingerprint density at radius 2 is 2.13 bits per heavy atom. The average molecular weight is 336 g/mol. The molecule has 7 nitrogen and oxygen atoms in total. The molecule has 2 aromatic rings. The Labute approximate surface area is 139 Å². The number of ether oxygens (including phenoxy) is 2. The summed E-state index contributed by atoms with van der Waals surface area (Å²) in [6.07, 6.45) is 0. The first-order valence-electron chi connectivity index (χ1n) is 7.12. The van der Waals surface area contributed by atoms with Gasteiger partial charge in [0.2, 0.25) is 5.91 Å². The molecule has 0 saturated heterocycles. The molecule has 0 saturated carbocycles. The van der Waals surface area contributed by atoms with Crippen molar-refractivity contribution in [2.24, 2.45) is 5.73 Å². The topological polar surface area (TPSA) is 92.3 Å². The summed E-state index contributed by atoms with van der Waals surface area (Å²) in [6.45, 7) is 3.37. The van der Waals surface area contributed by atoms with Crippen molar-refractivity contribution in [1.29, 1.82) is 0 Å². The predicted molar refractivity (Wildman–Crippen MR) is 87.3 cm³/mol. The van der Waals surface area contributed by atoms with Crippen LogP contribution in [0.1, 0.15) is 11.4 Å². The lowest BCUT2D eigenvalue weighted by Crippen LogP contribution is -2.15. The number of nitrogens with two attached hydrogens (primary N) is 1. The molecule has 0 spiro atoms. The van der Waals surface area contributed by atoms with Crippen molar-refractivity contribution >= 4 is 17.7 Å². The molecule has 0 fully saturated rings. The molecule has 2 rings (SSSR count). The van der Waals surface area contributed by atoms with E-state index in [0.29, 0.717) is 30.7 Å². The second-order valence-electron chi connectivity index (χ2n) is 4.85. The lowest BCUT2D eigenvalue weighted by Gasteiger charge is -2.11. The van der Waals surface area contributed by atoms with Gasteiger partial charge in [-0.25, -0.2) is 0 Å². The van der Waals surface area contributed by atoms with E-state index in [1.54, 1.807) is 7.11 Å². The summed E-state index contributed by atoms with van der Waals surface area (Å²) >= 11 is 1.25. The summed E-state index contributed by atoms with van der Waals surface area (Å²) in [5.74, 6) is 1.25. The number of carbonyl (C=O) groups is 1. The van der Waals surface area contributed by atoms with E-state index in [1.165, 1.54) is 11.8 Å². The fraction of sp³-hybridized carbons (Fsp3) is 0.400. The molecule has 1 amide bonds. The van der Waals surface area contributed by atoms with Gasteiger partial charge in [0.15, 0.2) is 11.0 Å². The second-order valence-corrected chi connectivity index (χ2v) is 5.79. The molecule has 8 heteroatoms. The maximum atomic E-state index is 10.9. The number of amides is 1. The SMILES string of the molecule is COCCn1c(COc2ccccc2C)nnc1SCC(N)=O. The third kappa shape index (κ3) is 4.97. The van der Waals surface area contributed by atoms with Crippen molar-refractivity contribution in [2.45, 2.75) is 25.2 Å². The normalized spacial score (nSPS) is 10.7. The number of carbonyl (C=O) groups excluding carboxylic acids is 1. The molecule has 0 unspecified atom stereocenters. The first-order valence-corrected chi connectivity index (χ1v) is 8.11. The zero-order valence-electron chi connectivity index (χ0n) is 13.2. The number of benzene rings is 1. The number of rotatable bonds is 9. The van der Waals surface area contributed by atoms with Crippen LogP contribution in [0.25, 0.3) is 0 Å². The first kappa shape index (κ1) is 17.3. The van der Waals surface area contributed by atoms with Crippen LogP contribution in [0, 0.1) is 6.92 Å². The zero-order valence-corrected chi connectivity index (χ0v) is 14.0. The van der Waals surface area contributed by atoms with Gasteiger partial charge in [-0.3, -0.25) is 4.79 Å². The molecular weight excluding hydrogens is 316 g/mol. The van der Waals surface area contributed by atoms with Gasteiger partial charge in [0.05, 0.1) is 12.4 Å². The van der Waals surface area contributed by atoms with Gasteiger partial charge in [0.25, 0.3) is 0 Å². The molecule has 124 valence electrons. The van der Waals surface area contributed by atoms with E-state index in [4.69, 9.17) is 15.2 Å². The molecule has 2 N–H and O–H groups in total. The van der Waals surface area contributed by atoms with Crippen LogP contribution in [0.2, 0.25) is 0 Å². The number of thioether (sulfide) groups is 1. The van der Waals surface area contributed by atoms with Crippen molar-refractivity contribution in [3.63, 3.8) is 0 Å². The first-order chi connectivity index (χ1) is 11.1. The maximum Gasteiger partial charge on any atom is 0.227 e. The van der Waals surface area contributed by atoms with Gasteiger partial charge in [-0.2, -0.15) is 0 Å². The molecule has 1 aromatic heterocycles. The summed E-state index contributed by atoms with van der Waals surface area (Å²) < 4.78 is 12.8. The van der Waals surface area contributed by atoms with E-state index >= 15 is 0 Å². The number of methoxy groups -OCH3 is 1. The number of aromatic nitrogens is 3. The lowest BCUT2D eigenvalue weighted by atomic mass is 10.2. The molecule has 0 aliphatic heterocycles. The largest absolute Gasteiger partial charge is 0.485 e. The minimum Gasteiger partial charge on any atom is -0.485 e. The van der Waals surface area contributed by atoms with Gasteiger partial charge >= 0.3 is 0 Å². The number of hydrogen-bond donors (Lipinski definition) is 1. The van der Waals surface area contributed by atoms with Crippen molar-refractivity contribution in [1.82, 2.24) is 14.8 Å². The van der Waals surface area contributed by atoms with Gasteiger partial charge in [0, 0.05) is 13.7 Å². The van der Waals surface area contributed by atoms with Crippen molar-refractivity contribution in [2.75, 3.05) is 19.5 Å². The Morgan fingerprint density at radius 3 is 2.83 bits per heavy atom. The molecule has 0 atom stereocenters. The number of nitrogens with zero attached hydrogens (tertiary/aromatic N) is 3. The van der Waals surface area contributed by atoms with Crippen molar-refractivity contribution in [3.8, 4) is 5.75 Å². The fourth-order valence-corrected chi connectivity index (χ4v) is 2.66. The molecule has 0 bridgehead atoms. The van der Waals surface area contributed by atoms with Crippen LogP contribution in [0.5, 0.6) is 5.75 Å². The van der Waals surface area contributed by atoms with Crippen LogP contribution < -0.4 is 10.5 Å². The quantitative estimate of drug-likeness (QED) is 0.696. The molecule has 1 heterocycles. The van der Waals surface area contributed by atoms with Crippen LogP contribution in [0.3, 0.4) is 0 Å². The van der Waals surface area contributed by atoms with E-state index in [1.807, 2.05) is 35.8 Å².